The van der Waals surface area contributed by atoms with Crippen molar-refractivity contribution in [3.63, 3.8) is 0 Å². The maximum absolute atomic E-state index is 10.7. The Labute approximate surface area is 169 Å². The zero-order chi connectivity index (χ0) is 19.4. The molecule has 1 N–H and O–H groups in total. The van der Waals surface area contributed by atoms with Crippen molar-refractivity contribution < 1.29 is 14.6 Å². The highest BCUT2D eigenvalue weighted by Gasteiger charge is 2.23. The predicted molar refractivity (Wildman–Crippen MR) is 110 cm³/mol. The summed E-state index contributed by atoms with van der Waals surface area (Å²) in [6, 6.07) is 13.4. The average Bonchev–Trinajstić information content (AvgIpc) is 3.00. The van der Waals surface area contributed by atoms with Crippen LogP contribution in [-0.2, 0) is 11.2 Å². The molecule has 0 fully saturated rings. The second-order valence-corrected chi connectivity index (χ2v) is 7.73. The lowest BCUT2D eigenvalue weighted by Crippen LogP contribution is -2.07. The quantitative estimate of drug-likeness (QED) is 0.590. The highest BCUT2D eigenvalue weighted by molar-refractivity contribution is 6.31. The molecular weight excluding hydrogens is 383 g/mol. The van der Waals surface area contributed by atoms with Crippen LogP contribution < -0.4 is 4.74 Å². The Morgan fingerprint density at radius 2 is 1.93 bits per heavy atom. The molecule has 0 heterocycles. The number of carboxylic acid groups (broad SMARTS) is 1. The molecule has 0 aromatic heterocycles. The van der Waals surface area contributed by atoms with E-state index >= 15 is 0 Å². The average molecular weight is 405 g/mol. The third-order valence-electron chi connectivity index (χ3n) is 5.03. The molecule has 0 saturated carbocycles. The van der Waals surface area contributed by atoms with Crippen LogP contribution in [0.15, 0.2) is 48.0 Å². The number of allylic oxidation sites excluding steroid dienone is 1. The van der Waals surface area contributed by atoms with Crippen LogP contribution in [-0.4, -0.2) is 17.7 Å². The molecule has 0 aliphatic heterocycles. The minimum absolute atomic E-state index is 0.0643. The molecule has 1 aliphatic carbocycles. The van der Waals surface area contributed by atoms with Crippen LogP contribution in [0, 0.1) is 5.92 Å². The van der Waals surface area contributed by atoms with Gasteiger partial charge in [0.05, 0.1) is 0 Å². The van der Waals surface area contributed by atoms with Crippen molar-refractivity contribution in [3.05, 3.63) is 69.2 Å². The summed E-state index contributed by atoms with van der Waals surface area (Å²) in [5, 5.41) is 10.1. The lowest BCUT2D eigenvalue weighted by atomic mass is 10.00. The minimum atomic E-state index is -0.830. The third kappa shape index (κ3) is 5.06. The van der Waals surface area contributed by atoms with E-state index in [0.29, 0.717) is 29.7 Å². The number of carboxylic acids is 1. The summed E-state index contributed by atoms with van der Waals surface area (Å²) in [7, 11) is 0. The lowest BCUT2D eigenvalue weighted by molar-refractivity contribution is -0.136. The number of aryl methyl sites for hydroxylation is 1. The highest BCUT2D eigenvalue weighted by atomic mass is 35.5. The number of ether oxygens (including phenoxy) is 1. The van der Waals surface area contributed by atoms with Gasteiger partial charge in [0.15, 0.2) is 0 Å². The molecule has 0 bridgehead atoms. The van der Waals surface area contributed by atoms with Crippen molar-refractivity contribution in [3.8, 4) is 5.75 Å². The van der Waals surface area contributed by atoms with E-state index in [1.165, 1.54) is 16.7 Å². The fourth-order valence-corrected chi connectivity index (χ4v) is 3.82. The molecular formula is C22H22Cl2O3. The number of aliphatic carboxylic acids is 1. The van der Waals surface area contributed by atoms with E-state index in [4.69, 9.17) is 33.0 Å². The zero-order valence-electron chi connectivity index (χ0n) is 15.2. The van der Waals surface area contributed by atoms with Crippen molar-refractivity contribution >= 4 is 34.7 Å². The molecule has 0 radical (unpaired) electrons. The molecule has 2 aromatic rings. The molecule has 0 spiro atoms. The summed E-state index contributed by atoms with van der Waals surface area (Å²) in [6.45, 7) is 2.74. The number of halogens is 2. The van der Waals surface area contributed by atoms with Crippen molar-refractivity contribution in [2.75, 3.05) is 6.61 Å². The molecule has 1 atom stereocenters. The Balaban J connectivity index is 1.72. The third-order valence-corrected chi connectivity index (χ3v) is 5.63. The van der Waals surface area contributed by atoms with Crippen LogP contribution >= 0.6 is 23.2 Å². The van der Waals surface area contributed by atoms with E-state index in [1.54, 1.807) is 6.07 Å². The second-order valence-electron chi connectivity index (χ2n) is 6.89. The first-order valence-corrected chi connectivity index (χ1v) is 9.80. The van der Waals surface area contributed by atoms with Crippen LogP contribution in [0.5, 0.6) is 5.75 Å². The minimum Gasteiger partial charge on any atom is -0.489 e. The second kappa shape index (κ2) is 8.81. The van der Waals surface area contributed by atoms with Gasteiger partial charge in [-0.1, -0.05) is 48.3 Å². The van der Waals surface area contributed by atoms with E-state index in [-0.39, 0.29) is 6.42 Å². The maximum Gasteiger partial charge on any atom is 0.303 e. The van der Waals surface area contributed by atoms with Gasteiger partial charge in [-0.05, 0) is 71.7 Å². The standard InChI is InChI=1S/C22H22Cl2O3/c1-14-2-10-19(15-3-7-17(23)8-4-15)20(14)13-27-18-9-5-16(21(24)12-18)6-11-22(25)26/h3-5,7-9,12,14H,2,6,10-11,13H2,1H3,(H,25,26). The van der Waals surface area contributed by atoms with E-state index in [2.05, 4.69) is 19.1 Å². The molecule has 3 nitrogen and oxygen atoms in total. The number of hydrogen-bond acceptors (Lipinski definition) is 2. The van der Waals surface area contributed by atoms with E-state index in [1.807, 2.05) is 24.3 Å². The number of rotatable bonds is 7. The molecule has 1 aliphatic rings. The van der Waals surface area contributed by atoms with Gasteiger partial charge >= 0.3 is 5.97 Å². The zero-order valence-corrected chi connectivity index (χ0v) is 16.7. The van der Waals surface area contributed by atoms with Crippen molar-refractivity contribution in [2.24, 2.45) is 5.92 Å². The van der Waals surface area contributed by atoms with Crippen LogP contribution in [0.1, 0.15) is 37.3 Å². The molecule has 27 heavy (non-hydrogen) atoms. The van der Waals surface area contributed by atoms with Gasteiger partial charge in [-0.15, -0.1) is 0 Å². The van der Waals surface area contributed by atoms with Gasteiger partial charge in [0, 0.05) is 16.5 Å². The fourth-order valence-electron chi connectivity index (χ4n) is 3.43. The highest BCUT2D eigenvalue weighted by Crippen LogP contribution is 2.38. The first kappa shape index (κ1) is 19.8. The first-order valence-electron chi connectivity index (χ1n) is 9.05. The maximum atomic E-state index is 10.7. The smallest absolute Gasteiger partial charge is 0.303 e. The summed E-state index contributed by atoms with van der Waals surface area (Å²) in [5.74, 6) is 0.338. The first-order chi connectivity index (χ1) is 12.9. The molecule has 0 amide bonds. The van der Waals surface area contributed by atoms with Crippen LogP contribution in [0.4, 0.5) is 0 Å². The Bertz CT molecular complexity index is 856. The Kier molecular flexibility index (Phi) is 6.46. The normalized spacial score (nSPS) is 16.6. The topological polar surface area (TPSA) is 46.5 Å². The lowest BCUT2D eigenvalue weighted by Gasteiger charge is -2.14. The SMILES string of the molecule is CC1CCC(c2ccc(Cl)cc2)=C1COc1ccc(CCC(=O)O)c(Cl)c1. The van der Waals surface area contributed by atoms with Crippen LogP contribution in [0.25, 0.3) is 5.57 Å². The van der Waals surface area contributed by atoms with Gasteiger partial charge in [-0.3, -0.25) is 4.79 Å². The Morgan fingerprint density at radius 3 is 2.59 bits per heavy atom. The molecule has 142 valence electrons. The largest absolute Gasteiger partial charge is 0.489 e. The molecule has 3 rings (SSSR count). The van der Waals surface area contributed by atoms with Crippen molar-refractivity contribution in [1.82, 2.24) is 0 Å². The monoisotopic (exact) mass is 404 g/mol. The van der Waals surface area contributed by atoms with E-state index in [0.717, 1.165) is 23.4 Å². The summed E-state index contributed by atoms with van der Waals surface area (Å²) in [6.07, 6.45) is 2.63. The van der Waals surface area contributed by atoms with Gasteiger partial charge in [-0.25, -0.2) is 0 Å². The molecule has 0 saturated heterocycles. The van der Waals surface area contributed by atoms with Crippen LogP contribution in [0.3, 0.4) is 0 Å². The number of carbonyl (C=O) groups is 1. The van der Waals surface area contributed by atoms with Gasteiger partial charge in [0.1, 0.15) is 12.4 Å². The van der Waals surface area contributed by atoms with Gasteiger partial charge in [-0.2, -0.15) is 0 Å². The summed E-state index contributed by atoms with van der Waals surface area (Å²) >= 11 is 12.3. The molecule has 5 heteroatoms. The van der Waals surface area contributed by atoms with Crippen molar-refractivity contribution in [1.29, 1.82) is 0 Å². The summed E-state index contributed by atoms with van der Waals surface area (Å²) in [4.78, 5) is 10.7. The number of benzene rings is 2. The van der Waals surface area contributed by atoms with Gasteiger partial charge in [0.2, 0.25) is 0 Å². The van der Waals surface area contributed by atoms with E-state index < -0.39 is 5.97 Å². The number of hydrogen-bond donors (Lipinski definition) is 1. The summed E-state index contributed by atoms with van der Waals surface area (Å²) < 4.78 is 6.01. The summed E-state index contributed by atoms with van der Waals surface area (Å²) in [5.41, 5.74) is 4.66. The Hall–Kier alpha value is -1.97. The molecule has 2 aromatic carbocycles. The predicted octanol–water partition coefficient (Wildman–Crippen LogP) is 6.27. The van der Waals surface area contributed by atoms with Gasteiger partial charge < -0.3 is 9.84 Å². The van der Waals surface area contributed by atoms with Crippen molar-refractivity contribution in [2.45, 2.75) is 32.6 Å². The van der Waals surface area contributed by atoms with Crippen LogP contribution in [0.2, 0.25) is 10.0 Å². The molecule has 1 unspecified atom stereocenters. The van der Waals surface area contributed by atoms with Gasteiger partial charge in [0.25, 0.3) is 0 Å². The van der Waals surface area contributed by atoms with E-state index in [9.17, 15) is 4.79 Å². The fraction of sp³-hybridized carbons (Fsp3) is 0.318. The Morgan fingerprint density at radius 1 is 1.19 bits per heavy atom.